The number of hydrogen-bond donors (Lipinski definition) is 0. The predicted octanol–water partition coefficient (Wildman–Crippen LogP) is 3.29. The maximum absolute atomic E-state index is 13.2. The number of benzene rings is 2. The van der Waals surface area contributed by atoms with Crippen LogP contribution in [-0.2, 0) is 27.7 Å². The van der Waals surface area contributed by atoms with Gasteiger partial charge in [0.1, 0.15) is 11.3 Å². The van der Waals surface area contributed by atoms with Crippen LogP contribution in [0, 0.1) is 0 Å². The van der Waals surface area contributed by atoms with Crippen LogP contribution in [0.5, 0.6) is 0 Å². The highest BCUT2D eigenvalue weighted by Crippen LogP contribution is 2.29. The normalized spacial score (nSPS) is 15.0. The first kappa shape index (κ1) is 21.5. The Morgan fingerprint density at radius 1 is 1.06 bits per heavy atom. The average molecular weight is 443 g/mol. The molecule has 8 heteroatoms. The van der Waals surface area contributed by atoms with Gasteiger partial charge in [0, 0.05) is 49.6 Å². The Hall–Kier alpha value is -2.68. The van der Waals surface area contributed by atoms with Crippen molar-refractivity contribution in [1.82, 2.24) is 9.21 Å². The number of hydrogen-bond acceptors (Lipinski definition) is 5. The molecule has 31 heavy (non-hydrogen) atoms. The van der Waals surface area contributed by atoms with Crippen molar-refractivity contribution in [3.8, 4) is 0 Å². The second kappa shape index (κ2) is 8.82. The van der Waals surface area contributed by atoms with E-state index in [4.69, 9.17) is 9.15 Å². The number of ether oxygens (including phenoxy) is 1. The third kappa shape index (κ3) is 4.23. The Kier molecular flexibility index (Phi) is 6.13. The molecule has 2 aromatic carbocycles. The predicted molar refractivity (Wildman–Crippen MR) is 117 cm³/mol. The van der Waals surface area contributed by atoms with E-state index in [0.717, 1.165) is 22.3 Å². The summed E-state index contributed by atoms with van der Waals surface area (Å²) in [5.41, 5.74) is 2.10. The molecule has 0 spiro atoms. The van der Waals surface area contributed by atoms with Crippen LogP contribution in [-0.4, -0.2) is 56.9 Å². The van der Waals surface area contributed by atoms with Crippen LogP contribution in [0.15, 0.2) is 57.8 Å². The van der Waals surface area contributed by atoms with Gasteiger partial charge in [0.25, 0.3) is 5.91 Å². The van der Waals surface area contributed by atoms with Crippen LogP contribution >= 0.6 is 0 Å². The molecule has 7 nitrogen and oxygen atoms in total. The molecule has 1 amide bonds. The van der Waals surface area contributed by atoms with Crippen LogP contribution in [0.2, 0.25) is 0 Å². The molecule has 1 fully saturated rings. The molecule has 1 aliphatic heterocycles. The number of sulfonamides is 1. The minimum atomic E-state index is -3.73. The Labute approximate surface area is 182 Å². The van der Waals surface area contributed by atoms with Crippen molar-refractivity contribution in [1.29, 1.82) is 0 Å². The monoisotopic (exact) mass is 442 g/mol. The molecule has 4 rings (SSSR count). The summed E-state index contributed by atoms with van der Waals surface area (Å²) in [6.45, 7) is 4.31. The zero-order valence-electron chi connectivity index (χ0n) is 17.7. The minimum absolute atomic E-state index is 0.113. The van der Waals surface area contributed by atoms with Crippen LogP contribution in [0.3, 0.4) is 0 Å². The van der Waals surface area contributed by atoms with E-state index in [9.17, 15) is 13.2 Å². The number of amides is 1. The lowest BCUT2D eigenvalue weighted by molar-refractivity contribution is 0.0303. The van der Waals surface area contributed by atoms with E-state index in [1.165, 1.54) is 16.4 Å². The third-order valence-electron chi connectivity index (χ3n) is 5.59. The van der Waals surface area contributed by atoms with Crippen molar-refractivity contribution in [3.05, 3.63) is 65.4 Å². The smallest absolute Gasteiger partial charge is 0.254 e. The summed E-state index contributed by atoms with van der Waals surface area (Å²) in [4.78, 5) is 14.5. The zero-order valence-corrected chi connectivity index (χ0v) is 18.5. The molecule has 3 aromatic rings. The topological polar surface area (TPSA) is 80.1 Å². The Morgan fingerprint density at radius 2 is 1.74 bits per heavy atom. The molecule has 0 atom stereocenters. The summed E-state index contributed by atoms with van der Waals surface area (Å²) < 4.78 is 38.8. The SMILES string of the molecule is CCc1oc2ccccc2c1CN(C)S(=O)(=O)c1ccc(C(=O)N2CCOCC2)cc1. The summed E-state index contributed by atoms with van der Waals surface area (Å²) >= 11 is 0. The first-order valence-corrected chi connectivity index (χ1v) is 11.8. The number of nitrogens with zero attached hydrogens (tertiary/aromatic N) is 2. The molecule has 0 N–H and O–H groups in total. The quantitative estimate of drug-likeness (QED) is 0.585. The van der Waals surface area contributed by atoms with Gasteiger partial charge in [-0.25, -0.2) is 8.42 Å². The van der Waals surface area contributed by atoms with Crippen molar-refractivity contribution < 1.29 is 22.4 Å². The number of carbonyl (C=O) groups excluding carboxylic acids is 1. The fourth-order valence-electron chi connectivity index (χ4n) is 3.81. The molecule has 1 aromatic heterocycles. The molecule has 0 bridgehead atoms. The van der Waals surface area contributed by atoms with E-state index in [0.29, 0.717) is 38.3 Å². The van der Waals surface area contributed by atoms with Crippen molar-refractivity contribution >= 4 is 26.9 Å². The first-order chi connectivity index (χ1) is 14.9. The van der Waals surface area contributed by atoms with Gasteiger partial charge in [-0.15, -0.1) is 0 Å². The molecular weight excluding hydrogens is 416 g/mol. The Morgan fingerprint density at radius 3 is 2.42 bits per heavy atom. The van der Waals surface area contributed by atoms with Crippen LogP contribution in [0.25, 0.3) is 11.0 Å². The number of carbonyl (C=O) groups is 1. The van der Waals surface area contributed by atoms with E-state index in [-0.39, 0.29) is 17.3 Å². The average Bonchev–Trinajstić information content (AvgIpc) is 3.16. The molecule has 0 saturated carbocycles. The number of aryl methyl sites for hydroxylation is 1. The van der Waals surface area contributed by atoms with E-state index >= 15 is 0 Å². The van der Waals surface area contributed by atoms with Gasteiger partial charge >= 0.3 is 0 Å². The second-order valence-electron chi connectivity index (χ2n) is 7.54. The van der Waals surface area contributed by atoms with Crippen molar-refractivity contribution in [3.63, 3.8) is 0 Å². The molecule has 0 aliphatic carbocycles. The first-order valence-electron chi connectivity index (χ1n) is 10.3. The van der Waals surface area contributed by atoms with Gasteiger partial charge in [-0.2, -0.15) is 4.31 Å². The molecule has 0 radical (unpaired) electrons. The third-order valence-corrected chi connectivity index (χ3v) is 7.41. The van der Waals surface area contributed by atoms with Crippen molar-refractivity contribution in [2.24, 2.45) is 0 Å². The Bertz CT molecular complexity index is 1180. The van der Waals surface area contributed by atoms with Gasteiger partial charge in [0.15, 0.2) is 0 Å². The summed E-state index contributed by atoms with van der Waals surface area (Å²) in [5, 5.41) is 0.924. The summed E-state index contributed by atoms with van der Waals surface area (Å²) in [7, 11) is -2.17. The van der Waals surface area contributed by atoms with Gasteiger partial charge in [-0.1, -0.05) is 25.1 Å². The van der Waals surface area contributed by atoms with Crippen molar-refractivity contribution in [2.75, 3.05) is 33.4 Å². The largest absolute Gasteiger partial charge is 0.461 e. The standard InChI is InChI=1S/C23H26N2O5S/c1-3-21-20(19-6-4-5-7-22(19)30-21)16-24(2)31(27,28)18-10-8-17(9-11-18)23(26)25-12-14-29-15-13-25/h4-11H,3,12-16H2,1-2H3. The van der Waals surface area contributed by atoms with Crippen LogP contribution in [0.4, 0.5) is 0 Å². The molecule has 2 heterocycles. The summed E-state index contributed by atoms with van der Waals surface area (Å²) in [5.74, 6) is 0.674. The fraction of sp³-hybridized carbons (Fsp3) is 0.348. The number of fused-ring (bicyclic) bond motifs is 1. The molecule has 0 unspecified atom stereocenters. The highest BCUT2D eigenvalue weighted by atomic mass is 32.2. The van der Waals surface area contributed by atoms with Gasteiger partial charge in [0.2, 0.25) is 10.0 Å². The van der Waals surface area contributed by atoms with Gasteiger partial charge < -0.3 is 14.1 Å². The molecule has 1 saturated heterocycles. The number of morpholine rings is 1. The van der Waals surface area contributed by atoms with E-state index in [2.05, 4.69) is 0 Å². The minimum Gasteiger partial charge on any atom is -0.461 e. The van der Waals surface area contributed by atoms with Crippen LogP contribution < -0.4 is 0 Å². The van der Waals surface area contributed by atoms with E-state index < -0.39 is 10.0 Å². The van der Waals surface area contributed by atoms with Crippen LogP contribution in [0.1, 0.15) is 28.6 Å². The summed E-state index contributed by atoms with van der Waals surface area (Å²) in [6, 6.07) is 13.8. The fourth-order valence-corrected chi connectivity index (χ4v) is 4.95. The molecular formula is C23H26N2O5S. The molecule has 164 valence electrons. The van der Waals surface area contributed by atoms with E-state index in [1.54, 1.807) is 24.1 Å². The number of furan rings is 1. The number of para-hydroxylation sites is 1. The summed E-state index contributed by atoms with van der Waals surface area (Å²) in [6.07, 6.45) is 0.677. The maximum atomic E-state index is 13.2. The van der Waals surface area contributed by atoms with Gasteiger partial charge in [-0.05, 0) is 30.3 Å². The zero-order chi connectivity index (χ0) is 22.0. The van der Waals surface area contributed by atoms with Gasteiger partial charge in [0.05, 0.1) is 18.1 Å². The lowest BCUT2D eigenvalue weighted by atomic mass is 10.1. The van der Waals surface area contributed by atoms with Crippen molar-refractivity contribution in [2.45, 2.75) is 24.8 Å². The Balaban J connectivity index is 1.55. The number of rotatable bonds is 6. The lowest BCUT2D eigenvalue weighted by Crippen LogP contribution is -2.40. The lowest BCUT2D eigenvalue weighted by Gasteiger charge is -2.27. The molecule has 1 aliphatic rings. The highest BCUT2D eigenvalue weighted by molar-refractivity contribution is 7.89. The van der Waals surface area contributed by atoms with Gasteiger partial charge in [-0.3, -0.25) is 4.79 Å². The highest BCUT2D eigenvalue weighted by Gasteiger charge is 2.25. The van der Waals surface area contributed by atoms with E-state index in [1.807, 2.05) is 31.2 Å². The second-order valence-corrected chi connectivity index (χ2v) is 9.59. The maximum Gasteiger partial charge on any atom is 0.254 e.